The first-order chi connectivity index (χ1) is 14.4. The van der Waals surface area contributed by atoms with Gasteiger partial charge in [-0.15, -0.1) is 11.8 Å². The molecular weight excluding hydrogens is 421 g/mol. The maximum absolute atomic E-state index is 13.4. The van der Waals surface area contributed by atoms with Crippen molar-refractivity contribution in [2.75, 3.05) is 17.7 Å². The van der Waals surface area contributed by atoms with Gasteiger partial charge >= 0.3 is 0 Å². The van der Waals surface area contributed by atoms with Gasteiger partial charge in [0.15, 0.2) is 5.16 Å². The molecule has 0 bridgehead atoms. The topological polar surface area (TPSA) is 55.2 Å². The standard InChI is InChI=1S/C22H20FN3O2S2/c1-14-12-18-20(30-14)21(28)26(17-10-8-15(23)9-11-17)22(24-18)29-13-19(27)25(2)16-6-4-3-5-7-16/h3-11,14H,12-13H2,1-2H3. The molecule has 1 unspecified atom stereocenters. The molecule has 154 valence electrons. The molecule has 1 atom stereocenters. The molecule has 2 heterocycles. The van der Waals surface area contributed by atoms with Crippen molar-refractivity contribution in [1.82, 2.24) is 9.55 Å². The van der Waals surface area contributed by atoms with Gasteiger partial charge < -0.3 is 4.90 Å². The van der Waals surface area contributed by atoms with E-state index in [4.69, 9.17) is 4.98 Å². The number of hydrogen-bond donors (Lipinski definition) is 0. The largest absolute Gasteiger partial charge is 0.315 e. The molecule has 3 aromatic rings. The monoisotopic (exact) mass is 441 g/mol. The van der Waals surface area contributed by atoms with Crippen LogP contribution < -0.4 is 10.5 Å². The Morgan fingerprint density at radius 3 is 2.63 bits per heavy atom. The van der Waals surface area contributed by atoms with Crippen LogP contribution in [0.2, 0.25) is 0 Å². The summed E-state index contributed by atoms with van der Waals surface area (Å²) in [7, 11) is 1.72. The molecule has 4 rings (SSSR count). The lowest BCUT2D eigenvalue weighted by Gasteiger charge is -2.18. The Hall–Kier alpha value is -2.58. The molecule has 5 nitrogen and oxygen atoms in total. The van der Waals surface area contributed by atoms with Crippen molar-refractivity contribution in [3.05, 3.63) is 76.5 Å². The number of para-hydroxylation sites is 1. The van der Waals surface area contributed by atoms with Gasteiger partial charge in [0.25, 0.3) is 5.56 Å². The predicted octanol–water partition coefficient (Wildman–Crippen LogP) is 4.16. The molecule has 0 saturated heterocycles. The highest BCUT2D eigenvalue weighted by Crippen LogP contribution is 2.35. The van der Waals surface area contributed by atoms with Crippen molar-refractivity contribution in [3.63, 3.8) is 0 Å². The molecule has 1 aromatic heterocycles. The fraction of sp³-hybridized carbons (Fsp3) is 0.227. The van der Waals surface area contributed by atoms with E-state index in [0.29, 0.717) is 22.2 Å². The SMILES string of the molecule is CC1Cc2nc(SCC(=O)N(C)c3ccccc3)n(-c3ccc(F)cc3)c(=O)c2S1. The highest BCUT2D eigenvalue weighted by Gasteiger charge is 2.27. The molecule has 1 amide bonds. The van der Waals surface area contributed by atoms with Crippen molar-refractivity contribution in [2.45, 2.75) is 28.6 Å². The van der Waals surface area contributed by atoms with Crippen molar-refractivity contribution in [2.24, 2.45) is 0 Å². The van der Waals surface area contributed by atoms with Crippen LogP contribution >= 0.6 is 23.5 Å². The summed E-state index contributed by atoms with van der Waals surface area (Å²) in [5.41, 5.74) is 1.92. The first-order valence-corrected chi connectivity index (χ1v) is 11.3. The van der Waals surface area contributed by atoms with E-state index in [9.17, 15) is 14.0 Å². The Kier molecular flexibility index (Phi) is 5.97. The molecule has 0 spiro atoms. The minimum absolute atomic E-state index is 0.102. The number of amides is 1. The lowest BCUT2D eigenvalue weighted by atomic mass is 10.2. The number of carbonyl (C=O) groups excluding carboxylic acids is 1. The van der Waals surface area contributed by atoms with Crippen LogP contribution in [0.4, 0.5) is 10.1 Å². The third-order valence-corrected chi connectivity index (χ3v) is 6.95. The minimum atomic E-state index is -0.377. The van der Waals surface area contributed by atoms with E-state index < -0.39 is 0 Å². The molecule has 1 aliphatic rings. The number of thioether (sulfide) groups is 2. The van der Waals surface area contributed by atoms with Gasteiger partial charge in [0, 0.05) is 24.4 Å². The normalized spacial score (nSPS) is 15.1. The minimum Gasteiger partial charge on any atom is -0.315 e. The summed E-state index contributed by atoms with van der Waals surface area (Å²) < 4.78 is 14.9. The molecule has 0 saturated carbocycles. The second-order valence-corrected chi connectivity index (χ2v) is 9.39. The van der Waals surface area contributed by atoms with Gasteiger partial charge in [0.2, 0.25) is 5.91 Å². The summed E-state index contributed by atoms with van der Waals surface area (Å²) in [5, 5.41) is 0.711. The maximum Gasteiger partial charge on any atom is 0.272 e. The number of anilines is 1. The van der Waals surface area contributed by atoms with Gasteiger partial charge in [0.1, 0.15) is 5.82 Å². The van der Waals surface area contributed by atoms with E-state index in [0.717, 1.165) is 11.4 Å². The van der Waals surface area contributed by atoms with Crippen molar-refractivity contribution in [1.29, 1.82) is 0 Å². The van der Waals surface area contributed by atoms with Gasteiger partial charge in [-0.05, 0) is 36.4 Å². The zero-order valence-corrected chi connectivity index (χ0v) is 18.2. The fourth-order valence-electron chi connectivity index (χ4n) is 3.23. The molecule has 0 aliphatic carbocycles. The van der Waals surface area contributed by atoms with Gasteiger partial charge in [0.05, 0.1) is 22.0 Å². The maximum atomic E-state index is 13.4. The summed E-state index contributed by atoms with van der Waals surface area (Å²) in [6, 6.07) is 15.1. The van der Waals surface area contributed by atoms with Crippen LogP contribution in [0.25, 0.3) is 5.69 Å². The third kappa shape index (κ3) is 4.15. The van der Waals surface area contributed by atoms with Crippen LogP contribution in [0.15, 0.2) is 69.4 Å². The second-order valence-electron chi connectivity index (χ2n) is 7.00. The van der Waals surface area contributed by atoms with Gasteiger partial charge in [-0.2, -0.15) is 0 Å². The number of rotatable bonds is 5. The number of fused-ring (bicyclic) bond motifs is 1. The summed E-state index contributed by atoms with van der Waals surface area (Å²) in [6.07, 6.45) is 0.713. The van der Waals surface area contributed by atoms with Crippen LogP contribution in [0.5, 0.6) is 0 Å². The van der Waals surface area contributed by atoms with E-state index >= 15 is 0 Å². The molecule has 0 fully saturated rings. The summed E-state index contributed by atoms with van der Waals surface area (Å²) in [4.78, 5) is 32.8. The van der Waals surface area contributed by atoms with Crippen LogP contribution in [0.3, 0.4) is 0 Å². The highest BCUT2D eigenvalue weighted by molar-refractivity contribution is 8.00. The predicted molar refractivity (Wildman–Crippen MR) is 119 cm³/mol. The summed E-state index contributed by atoms with van der Waals surface area (Å²) >= 11 is 2.73. The smallest absolute Gasteiger partial charge is 0.272 e. The Morgan fingerprint density at radius 1 is 1.23 bits per heavy atom. The van der Waals surface area contributed by atoms with Gasteiger partial charge in [-0.3, -0.25) is 14.2 Å². The van der Waals surface area contributed by atoms with Crippen LogP contribution in [0, 0.1) is 5.82 Å². The van der Waals surface area contributed by atoms with E-state index in [-0.39, 0.29) is 28.3 Å². The Morgan fingerprint density at radius 2 is 1.93 bits per heavy atom. The first-order valence-electron chi connectivity index (χ1n) is 9.47. The van der Waals surface area contributed by atoms with Crippen LogP contribution in [-0.4, -0.2) is 33.5 Å². The average molecular weight is 442 g/mol. The number of aromatic nitrogens is 2. The lowest BCUT2D eigenvalue weighted by molar-refractivity contribution is -0.115. The average Bonchev–Trinajstić information content (AvgIpc) is 3.13. The molecule has 1 aliphatic heterocycles. The third-order valence-electron chi connectivity index (χ3n) is 4.81. The van der Waals surface area contributed by atoms with E-state index in [2.05, 4.69) is 6.92 Å². The zero-order chi connectivity index (χ0) is 21.3. The molecule has 0 N–H and O–H groups in total. The second kappa shape index (κ2) is 8.65. The number of hydrogen-bond acceptors (Lipinski definition) is 5. The van der Waals surface area contributed by atoms with E-state index in [1.165, 1.54) is 40.2 Å². The number of halogens is 1. The van der Waals surface area contributed by atoms with Crippen molar-refractivity contribution < 1.29 is 9.18 Å². The van der Waals surface area contributed by atoms with Crippen LogP contribution in [0.1, 0.15) is 12.6 Å². The van der Waals surface area contributed by atoms with Crippen molar-refractivity contribution in [3.8, 4) is 5.69 Å². The Labute approximate surface area is 182 Å². The fourth-order valence-corrected chi connectivity index (χ4v) is 5.27. The summed E-state index contributed by atoms with van der Waals surface area (Å²) in [6.45, 7) is 2.05. The number of benzene rings is 2. The highest BCUT2D eigenvalue weighted by atomic mass is 32.2. The molecular formula is C22H20FN3O2S2. The number of nitrogens with zero attached hydrogens (tertiary/aromatic N) is 3. The van der Waals surface area contributed by atoms with Gasteiger partial charge in [-0.1, -0.05) is 36.9 Å². The Balaban J connectivity index is 1.66. The molecule has 30 heavy (non-hydrogen) atoms. The quantitative estimate of drug-likeness (QED) is 0.440. The van der Waals surface area contributed by atoms with Crippen LogP contribution in [-0.2, 0) is 11.2 Å². The van der Waals surface area contributed by atoms with Crippen molar-refractivity contribution >= 4 is 35.1 Å². The van der Waals surface area contributed by atoms with E-state index in [1.54, 1.807) is 24.1 Å². The first kappa shape index (κ1) is 20.7. The van der Waals surface area contributed by atoms with Gasteiger partial charge in [-0.25, -0.2) is 9.37 Å². The molecule has 8 heteroatoms. The lowest BCUT2D eigenvalue weighted by Crippen LogP contribution is -2.29. The number of carbonyl (C=O) groups is 1. The Bertz CT molecular complexity index is 1130. The molecule has 0 radical (unpaired) electrons. The molecule has 2 aromatic carbocycles. The zero-order valence-electron chi connectivity index (χ0n) is 16.5. The summed E-state index contributed by atoms with van der Waals surface area (Å²) in [5.74, 6) is -0.354. The van der Waals surface area contributed by atoms with E-state index in [1.807, 2.05) is 30.3 Å².